The van der Waals surface area contributed by atoms with Gasteiger partial charge in [-0.3, -0.25) is 4.79 Å². The maximum atomic E-state index is 12.0. The van der Waals surface area contributed by atoms with E-state index in [1.807, 2.05) is 19.0 Å². The van der Waals surface area contributed by atoms with Gasteiger partial charge in [0.25, 0.3) is 0 Å². The monoisotopic (exact) mass is 211 g/mol. The maximum Gasteiger partial charge on any atom is 0.236 e. The van der Waals surface area contributed by atoms with Crippen LogP contribution in [0.25, 0.3) is 0 Å². The van der Waals surface area contributed by atoms with Gasteiger partial charge in [0, 0.05) is 25.7 Å². The largest absolute Gasteiger partial charge is 0.338 e. The lowest BCUT2D eigenvalue weighted by atomic mass is 9.95. The summed E-state index contributed by atoms with van der Waals surface area (Å²) in [5.41, 5.74) is 0. The van der Waals surface area contributed by atoms with Crippen LogP contribution in [0.15, 0.2) is 0 Å². The van der Waals surface area contributed by atoms with Crippen molar-refractivity contribution in [1.29, 1.82) is 0 Å². The van der Waals surface area contributed by atoms with Crippen molar-refractivity contribution in [2.75, 3.05) is 40.3 Å². The Hall–Kier alpha value is -0.610. The van der Waals surface area contributed by atoms with Gasteiger partial charge >= 0.3 is 0 Å². The SMILES string of the molecule is CC1C2CNCC2CN1C(=O)CN(C)C. The molecule has 0 aromatic heterocycles. The van der Waals surface area contributed by atoms with E-state index in [-0.39, 0.29) is 5.91 Å². The summed E-state index contributed by atoms with van der Waals surface area (Å²) in [7, 11) is 3.89. The summed E-state index contributed by atoms with van der Waals surface area (Å²) in [5.74, 6) is 1.64. The number of likely N-dealkylation sites (N-methyl/N-ethyl adjacent to an activating group) is 1. The Bertz CT molecular complexity index is 254. The van der Waals surface area contributed by atoms with Gasteiger partial charge in [-0.05, 0) is 32.9 Å². The van der Waals surface area contributed by atoms with Crippen molar-refractivity contribution >= 4 is 5.91 Å². The zero-order valence-corrected chi connectivity index (χ0v) is 9.86. The lowest BCUT2D eigenvalue weighted by molar-refractivity contribution is -0.132. The Kier molecular flexibility index (Phi) is 2.98. The van der Waals surface area contributed by atoms with Crippen molar-refractivity contribution in [2.45, 2.75) is 13.0 Å². The highest BCUT2D eigenvalue weighted by molar-refractivity contribution is 5.79. The van der Waals surface area contributed by atoms with Crippen molar-refractivity contribution in [3.63, 3.8) is 0 Å². The molecule has 0 spiro atoms. The normalized spacial score (nSPS) is 34.9. The molecule has 3 unspecified atom stereocenters. The lowest BCUT2D eigenvalue weighted by Crippen LogP contribution is -2.42. The highest BCUT2D eigenvalue weighted by Crippen LogP contribution is 2.32. The van der Waals surface area contributed by atoms with E-state index in [0.717, 1.165) is 19.6 Å². The summed E-state index contributed by atoms with van der Waals surface area (Å²) < 4.78 is 0. The molecule has 1 amide bonds. The van der Waals surface area contributed by atoms with Crippen molar-refractivity contribution in [3.8, 4) is 0 Å². The lowest BCUT2D eigenvalue weighted by Gasteiger charge is -2.25. The van der Waals surface area contributed by atoms with Gasteiger partial charge in [-0.2, -0.15) is 0 Å². The fourth-order valence-electron chi connectivity index (χ4n) is 2.86. The highest BCUT2D eigenvalue weighted by Gasteiger charge is 2.43. The number of hydrogen-bond donors (Lipinski definition) is 1. The molecular weight excluding hydrogens is 190 g/mol. The van der Waals surface area contributed by atoms with E-state index in [4.69, 9.17) is 0 Å². The van der Waals surface area contributed by atoms with Crippen molar-refractivity contribution in [2.24, 2.45) is 11.8 Å². The number of fused-ring (bicyclic) bond motifs is 1. The minimum atomic E-state index is 0.280. The highest BCUT2D eigenvalue weighted by atomic mass is 16.2. The molecule has 0 bridgehead atoms. The van der Waals surface area contributed by atoms with E-state index in [2.05, 4.69) is 17.1 Å². The summed E-state index contributed by atoms with van der Waals surface area (Å²) in [6, 6.07) is 0.414. The van der Waals surface area contributed by atoms with Crippen LogP contribution in [-0.4, -0.2) is 62.0 Å². The first kappa shape index (κ1) is 10.9. The zero-order valence-electron chi connectivity index (χ0n) is 9.86. The van der Waals surface area contributed by atoms with Crippen LogP contribution < -0.4 is 5.32 Å². The minimum Gasteiger partial charge on any atom is -0.338 e. The smallest absolute Gasteiger partial charge is 0.236 e. The molecule has 2 heterocycles. The fourth-order valence-corrected chi connectivity index (χ4v) is 2.86. The topological polar surface area (TPSA) is 35.6 Å². The Balaban J connectivity index is 1.97. The first-order valence-electron chi connectivity index (χ1n) is 5.74. The molecule has 2 saturated heterocycles. The molecule has 0 aromatic rings. The molecule has 0 radical (unpaired) electrons. The molecule has 2 rings (SSSR count). The molecule has 2 aliphatic rings. The third kappa shape index (κ3) is 2.01. The van der Waals surface area contributed by atoms with Crippen molar-refractivity contribution in [1.82, 2.24) is 15.1 Å². The standard InChI is InChI=1S/C11H21N3O/c1-8-10-5-12-4-9(10)6-14(8)11(15)7-13(2)3/h8-10,12H,4-7H2,1-3H3. The molecule has 4 heteroatoms. The molecule has 2 aliphatic heterocycles. The minimum absolute atomic E-state index is 0.280. The maximum absolute atomic E-state index is 12.0. The van der Waals surface area contributed by atoms with Crippen LogP contribution in [0, 0.1) is 11.8 Å². The average Bonchev–Trinajstić information content (AvgIpc) is 2.67. The Morgan fingerprint density at radius 1 is 1.47 bits per heavy atom. The quantitative estimate of drug-likeness (QED) is 0.676. The third-order valence-electron chi connectivity index (χ3n) is 3.71. The number of rotatable bonds is 2. The number of likely N-dealkylation sites (tertiary alicyclic amines) is 1. The molecule has 1 N–H and O–H groups in total. The predicted octanol–water partition coefficient (Wildman–Crippen LogP) is -0.386. The van der Waals surface area contributed by atoms with Gasteiger partial charge in [0.15, 0.2) is 0 Å². The average molecular weight is 211 g/mol. The van der Waals surface area contributed by atoms with Crippen LogP contribution in [-0.2, 0) is 4.79 Å². The van der Waals surface area contributed by atoms with E-state index in [1.165, 1.54) is 0 Å². The van der Waals surface area contributed by atoms with Gasteiger partial charge in [-0.1, -0.05) is 0 Å². The molecule has 15 heavy (non-hydrogen) atoms. The van der Waals surface area contributed by atoms with Crippen LogP contribution in [0.5, 0.6) is 0 Å². The molecule has 3 atom stereocenters. The summed E-state index contributed by atoms with van der Waals surface area (Å²) in [6.45, 7) is 5.84. The van der Waals surface area contributed by atoms with Crippen LogP contribution >= 0.6 is 0 Å². The number of carbonyl (C=O) groups is 1. The summed E-state index contributed by atoms with van der Waals surface area (Å²) in [5, 5.41) is 3.41. The molecule has 0 aromatic carbocycles. The van der Waals surface area contributed by atoms with Gasteiger partial charge in [0.05, 0.1) is 6.54 Å². The number of nitrogens with one attached hydrogen (secondary N) is 1. The second-order valence-electron chi connectivity index (χ2n) is 5.11. The summed E-state index contributed by atoms with van der Waals surface area (Å²) >= 11 is 0. The molecule has 0 saturated carbocycles. The Morgan fingerprint density at radius 2 is 2.20 bits per heavy atom. The number of amides is 1. The van der Waals surface area contributed by atoms with E-state index < -0.39 is 0 Å². The third-order valence-corrected chi connectivity index (χ3v) is 3.71. The Labute approximate surface area is 91.6 Å². The number of carbonyl (C=O) groups excluding carboxylic acids is 1. The predicted molar refractivity (Wildman–Crippen MR) is 59.6 cm³/mol. The van der Waals surface area contributed by atoms with Gasteiger partial charge in [0.2, 0.25) is 5.91 Å². The van der Waals surface area contributed by atoms with E-state index >= 15 is 0 Å². The fraction of sp³-hybridized carbons (Fsp3) is 0.909. The van der Waals surface area contributed by atoms with Gasteiger partial charge in [0.1, 0.15) is 0 Å². The summed E-state index contributed by atoms with van der Waals surface area (Å²) in [6.07, 6.45) is 0. The second kappa shape index (κ2) is 4.10. The van der Waals surface area contributed by atoms with E-state index in [9.17, 15) is 4.79 Å². The van der Waals surface area contributed by atoms with Crippen molar-refractivity contribution in [3.05, 3.63) is 0 Å². The van der Waals surface area contributed by atoms with Crippen LogP contribution in [0.3, 0.4) is 0 Å². The van der Waals surface area contributed by atoms with Crippen LogP contribution in [0.2, 0.25) is 0 Å². The number of hydrogen-bond acceptors (Lipinski definition) is 3. The summed E-state index contributed by atoms with van der Waals surface area (Å²) in [4.78, 5) is 16.0. The van der Waals surface area contributed by atoms with E-state index in [1.54, 1.807) is 0 Å². The van der Waals surface area contributed by atoms with Crippen molar-refractivity contribution < 1.29 is 4.79 Å². The van der Waals surface area contributed by atoms with E-state index in [0.29, 0.717) is 24.4 Å². The van der Waals surface area contributed by atoms with Gasteiger partial charge < -0.3 is 15.1 Å². The molecule has 86 valence electrons. The number of nitrogens with zero attached hydrogens (tertiary/aromatic N) is 2. The molecule has 0 aliphatic carbocycles. The molecular formula is C11H21N3O. The second-order valence-corrected chi connectivity index (χ2v) is 5.11. The van der Waals surface area contributed by atoms with Gasteiger partial charge in [-0.15, -0.1) is 0 Å². The molecule has 2 fully saturated rings. The Morgan fingerprint density at radius 3 is 2.80 bits per heavy atom. The van der Waals surface area contributed by atoms with Crippen LogP contribution in [0.1, 0.15) is 6.92 Å². The van der Waals surface area contributed by atoms with Gasteiger partial charge in [-0.25, -0.2) is 0 Å². The van der Waals surface area contributed by atoms with Crippen LogP contribution in [0.4, 0.5) is 0 Å². The first-order chi connectivity index (χ1) is 7.09. The first-order valence-corrected chi connectivity index (χ1v) is 5.74. The zero-order chi connectivity index (χ0) is 11.0. The molecule has 4 nitrogen and oxygen atoms in total.